The molecule has 0 amide bonds. The Labute approximate surface area is 88.3 Å². The van der Waals surface area contributed by atoms with Crippen molar-refractivity contribution < 1.29 is 0 Å². The lowest BCUT2D eigenvalue weighted by Crippen LogP contribution is -1.99. The number of hydrogen-bond acceptors (Lipinski definition) is 1. The minimum Gasteiger partial charge on any atom is -0.326 e. The average molecular weight is 227 g/mol. The molecule has 0 saturated heterocycles. The summed E-state index contributed by atoms with van der Waals surface area (Å²) < 4.78 is 0. The second kappa shape index (κ2) is 4.93. The molecule has 0 heterocycles. The highest BCUT2D eigenvalue weighted by Crippen LogP contribution is 2.27. The standard InChI is InChI=1S/C8H9Cl2N.ClH/c1-5-6(4-11)2-3-7(9)8(5)10;/h2-3H,4,11H2,1H3;1H. The highest BCUT2D eigenvalue weighted by molar-refractivity contribution is 6.42. The van der Waals surface area contributed by atoms with Crippen LogP contribution in [-0.2, 0) is 6.54 Å². The third kappa shape index (κ3) is 2.27. The quantitative estimate of drug-likeness (QED) is 0.782. The van der Waals surface area contributed by atoms with Crippen LogP contribution in [0.3, 0.4) is 0 Å². The van der Waals surface area contributed by atoms with Gasteiger partial charge in [-0.25, -0.2) is 0 Å². The van der Waals surface area contributed by atoms with Crippen molar-refractivity contribution in [1.82, 2.24) is 0 Å². The molecular formula is C8H10Cl3N. The van der Waals surface area contributed by atoms with Crippen molar-refractivity contribution in [2.75, 3.05) is 0 Å². The van der Waals surface area contributed by atoms with Crippen molar-refractivity contribution in [3.63, 3.8) is 0 Å². The molecule has 0 spiro atoms. The van der Waals surface area contributed by atoms with E-state index in [2.05, 4.69) is 0 Å². The summed E-state index contributed by atoms with van der Waals surface area (Å²) in [4.78, 5) is 0. The Morgan fingerprint density at radius 2 is 1.92 bits per heavy atom. The highest BCUT2D eigenvalue weighted by Gasteiger charge is 2.03. The van der Waals surface area contributed by atoms with Gasteiger partial charge in [0.2, 0.25) is 0 Å². The number of hydrogen-bond donors (Lipinski definition) is 1. The van der Waals surface area contributed by atoms with E-state index in [-0.39, 0.29) is 12.4 Å². The van der Waals surface area contributed by atoms with Crippen LogP contribution in [0.25, 0.3) is 0 Å². The fraction of sp³-hybridized carbons (Fsp3) is 0.250. The first-order valence-electron chi connectivity index (χ1n) is 3.30. The average Bonchev–Trinajstić information content (AvgIpc) is 2.01. The van der Waals surface area contributed by atoms with Crippen LogP contribution in [0.1, 0.15) is 11.1 Å². The summed E-state index contributed by atoms with van der Waals surface area (Å²) in [6.45, 7) is 2.42. The molecule has 1 aromatic rings. The van der Waals surface area contributed by atoms with Crippen molar-refractivity contribution in [1.29, 1.82) is 0 Å². The van der Waals surface area contributed by atoms with Gasteiger partial charge >= 0.3 is 0 Å². The molecular weight excluding hydrogens is 216 g/mol. The van der Waals surface area contributed by atoms with Gasteiger partial charge in [-0.1, -0.05) is 29.3 Å². The van der Waals surface area contributed by atoms with Crippen molar-refractivity contribution >= 4 is 35.6 Å². The molecule has 4 heteroatoms. The molecule has 0 aliphatic carbocycles. The molecule has 0 radical (unpaired) electrons. The Morgan fingerprint density at radius 3 is 2.42 bits per heavy atom. The predicted octanol–water partition coefficient (Wildman–Crippen LogP) is 3.18. The van der Waals surface area contributed by atoms with Crippen molar-refractivity contribution in [3.05, 3.63) is 33.3 Å². The van der Waals surface area contributed by atoms with Gasteiger partial charge in [0.15, 0.2) is 0 Å². The first-order valence-corrected chi connectivity index (χ1v) is 4.06. The van der Waals surface area contributed by atoms with Gasteiger partial charge < -0.3 is 5.73 Å². The first kappa shape index (κ1) is 12.0. The van der Waals surface area contributed by atoms with E-state index >= 15 is 0 Å². The minimum atomic E-state index is 0. The van der Waals surface area contributed by atoms with Crippen LogP contribution in [0.5, 0.6) is 0 Å². The smallest absolute Gasteiger partial charge is 0.0624 e. The Hall–Kier alpha value is 0.0500. The molecule has 1 nitrogen and oxygen atoms in total. The molecule has 0 saturated carbocycles. The molecule has 0 aromatic heterocycles. The molecule has 0 aliphatic rings. The summed E-state index contributed by atoms with van der Waals surface area (Å²) in [7, 11) is 0. The molecule has 0 fully saturated rings. The maximum absolute atomic E-state index is 5.87. The molecule has 12 heavy (non-hydrogen) atoms. The van der Waals surface area contributed by atoms with Gasteiger partial charge in [-0.3, -0.25) is 0 Å². The van der Waals surface area contributed by atoms with Crippen LogP contribution in [0.15, 0.2) is 12.1 Å². The van der Waals surface area contributed by atoms with E-state index in [1.165, 1.54) is 0 Å². The minimum absolute atomic E-state index is 0. The monoisotopic (exact) mass is 225 g/mol. The normalized spacial score (nSPS) is 9.33. The molecule has 0 unspecified atom stereocenters. The lowest BCUT2D eigenvalue weighted by atomic mass is 10.1. The van der Waals surface area contributed by atoms with E-state index < -0.39 is 0 Å². The second-order valence-corrected chi connectivity index (χ2v) is 3.13. The van der Waals surface area contributed by atoms with E-state index in [9.17, 15) is 0 Å². The zero-order chi connectivity index (χ0) is 8.43. The zero-order valence-corrected chi connectivity index (χ0v) is 8.93. The topological polar surface area (TPSA) is 26.0 Å². The van der Waals surface area contributed by atoms with Crippen molar-refractivity contribution in [2.45, 2.75) is 13.5 Å². The summed E-state index contributed by atoms with van der Waals surface area (Å²) in [5.41, 5.74) is 7.48. The number of benzene rings is 1. The second-order valence-electron chi connectivity index (χ2n) is 2.35. The predicted molar refractivity (Wildman–Crippen MR) is 56.3 cm³/mol. The van der Waals surface area contributed by atoms with E-state index in [1.54, 1.807) is 6.07 Å². The van der Waals surface area contributed by atoms with E-state index in [1.807, 2.05) is 13.0 Å². The van der Waals surface area contributed by atoms with Gasteiger partial charge in [-0.05, 0) is 24.1 Å². The molecule has 0 atom stereocenters. The van der Waals surface area contributed by atoms with Crippen LogP contribution in [0, 0.1) is 6.92 Å². The SMILES string of the molecule is Cc1c(CN)ccc(Cl)c1Cl.Cl. The van der Waals surface area contributed by atoms with Crippen LogP contribution >= 0.6 is 35.6 Å². The first-order chi connectivity index (χ1) is 5.16. The number of rotatable bonds is 1. The molecule has 1 aromatic carbocycles. The maximum atomic E-state index is 5.87. The lowest BCUT2D eigenvalue weighted by molar-refractivity contribution is 1.05. The van der Waals surface area contributed by atoms with E-state index in [0.29, 0.717) is 16.6 Å². The molecule has 0 bridgehead atoms. The van der Waals surface area contributed by atoms with Crippen LogP contribution in [0.2, 0.25) is 10.0 Å². The third-order valence-electron chi connectivity index (χ3n) is 1.67. The zero-order valence-electron chi connectivity index (χ0n) is 6.60. The molecule has 0 aliphatic heterocycles. The fourth-order valence-corrected chi connectivity index (χ4v) is 1.30. The lowest BCUT2D eigenvalue weighted by Gasteiger charge is -2.05. The summed E-state index contributed by atoms with van der Waals surface area (Å²) in [6, 6.07) is 3.66. The van der Waals surface area contributed by atoms with Gasteiger partial charge in [0.25, 0.3) is 0 Å². The largest absolute Gasteiger partial charge is 0.326 e. The Kier molecular flexibility index (Phi) is 4.95. The summed E-state index contributed by atoms with van der Waals surface area (Å²) >= 11 is 11.6. The van der Waals surface area contributed by atoms with Crippen molar-refractivity contribution in [3.8, 4) is 0 Å². The number of nitrogens with two attached hydrogens (primary N) is 1. The highest BCUT2D eigenvalue weighted by atomic mass is 35.5. The van der Waals surface area contributed by atoms with E-state index in [0.717, 1.165) is 11.1 Å². The van der Waals surface area contributed by atoms with Crippen LogP contribution in [0.4, 0.5) is 0 Å². The van der Waals surface area contributed by atoms with Crippen LogP contribution in [-0.4, -0.2) is 0 Å². The fourth-order valence-electron chi connectivity index (χ4n) is 0.913. The van der Waals surface area contributed by atoms with E-state index in [4.69, 9.17) is 28.9 Å². The van der Waals surface area contributed by atoms with Gasteiger partial charge in [0.1, 0.15) is 0 Å². The van der Waals surface area contributed by atoms with Gasteiger partial charge in [-0.2, -0.15) is 0 Å². The Balaban J connectivity index is 0.00000121. The Morgan fingerprint density at radius 1 is 1.33 bits per heavy atom. The van der Waals surface area contributed by atoms with Gasteiger partial charge in [0.05, 0.1) is 10.0 Å². The summed E-state index contributed by atoms with van der Waals surface area (Å²) in [6.07, 6.45) is 0. The molecule has 2 N–H and O–H groups in total. The van der Waals surface area contributed by atoms with Crippen LogP contribution < -0.4 is 5.73 Å². The number of halogens is 3. The van der Waals surface area contributed by atoms with Gasteiger partial charge in [0, 0.05) is 6.54 Å². The molecule has 68 valence electrons. The summed E-state index contributed by atoms with van der Waals surface area (Å²) in [5.74, 6) is 0. The molecule has 1 rings (SSSR count). The third-order valence-corrected chi connectivity index (χ3v) is 2.57. The summed E-state index contributed by atoms with van der Waals surface area (Å²) in [5, 5.41) is 1.19. The van der Waals surface area contributed by atoms with Gasteiger partial charge in [-0.15, -0.1) is 12.4 Å². The van der Waals surface area contributed by atoms with Crippen molar-refractivity contribution in [2.24, 2.45) is 5.73 Å². The Bertz CT molecular complexity index is 273. The maximum Gasteiger partial charge on any atom is 0.0624 e.